The first-order valence-electron chi connectivity index (χ1n) is 9.85. The molecule has 1 aliphatic carbocycles. The van der Waals surface area contributed by atoms with Crippen LogP contribution >= 0.6 is 0 Å². The van der Waals surface area contributed by atoms with Gasteiger partial charge in [-0.05, 0) is 18.8 Å². The van der Waals surface area contributed by atoms with E-state index < -0.39 is 39.8 Å². The van der Waals surface area contributed by atoms with Crippen LogP contribution in [-0.2, 0) is 19.6 Å². The smallest absolute Gasteiger partial charge is 0.251 e. The van der Waals surface area contributed by atoms with E-state index in [1.54, 1.807) is 0 Å². The van der Waals surface area contributed by atoms with Crippen LogP contribution in [0.25, 0.3) is 0 Å². The molecular weight excluding hydrogens is 422 g/mol. The van der Waals surface area contributed by atoms with Crippen molar-refractivity contribution in [3.05, 3.63) is 12.3 Å². The number of alkyl halides is 2. The Kier molecular flexibility index (Phi) is 7.55. The van der Waals surface area contributed by atoms with E-state index in [1.807, 2.05) is 4.72 Å². The van der Waals surface area contributed by atoms with Gasteiger partial charge in [-0.1, -0.05) is 19.3 Å². The van der Waals surface area contributed by atoms with Gasteiger partial charge in [-0.2, -0.15) is 0 Å². The average Bonchev–Trinajstić information content (AvgIpc) is 2.69. The van der Waals surface area contributed by atoms with Gasteiger partial charge in [0, 0.05) is 6.07 Å². The summed E-state index contributed by atoms with van der Waals surface area (Å²) in [6.45, 7) is -0.510. The van der Waals surface area contributed by atoms with Crippen LogP contribution in [0.3, 0.4) is 0 Å². The summed E-state index contributed by atoms with van der Waals surface area (Å²) in [7, 11) is -4.29. The molecule has 3 rings (SSSR count). The number of hydrogen-bond acceptors (Lipinski definition) is 7. The molecule has 1 aromatic heterocycles. The number of nitrogens with one attached hydrogen (secondary N) is 2. The van der Waals surface area contributed by atoms with Gasteiger partial charge in [0.2, 0.25) is 15.9 Å². The maximum Gasteiger partial charge on any atom is 0.251 e. The summed E-state index contributed by atoms with van der Waals surface area (Å²) in [6.07, 6.45) is 2.68. The number of anilines is 1. The normalized spacial score (nSPS) is 19.3. The minimum atomic E-state index is -4.29. The fraction of sp³-hybridized carbons (Fsp3) is 0.667. The monoisotopic (exact) mass is 448 g/mol. The van der Waals surface area contributed by atoms with Crippen molar-refractivity contribution in [1.82, 2.24) is 9.71 Å². The minimum absolute atomic E-state index is 0.0642. The summed E-state index contributed by atoms with van der Waals surface area (Å²) in [4.78, 5) is 16.1. The van der Waals surface area contributed by atoms with Crippen molar-refractivity contribution in [3.63, 3.8) is 0 Å². The molecule has 0 radical (unpaired) electrons. The number of aromatic nitrogens is 1. The van der Waals surface area contributed by atoms with Crippen molar-refractivity contribution in [3.8, 4) is 5.75 Å². The summed E-state index contributed by atoms with van der Waals surface area (Å²) < 4.78 is 62.1. The summed E-state index contributed by atoms with van der Waals surface area (Å²) >= 11 is 0. The molecule has 1 saturated heterocycles. The number of nitrogens with zero attached hydrogens (tertiary/aromatic N) is 1. The highest BCUT2D eigenvalue weighted by atomic mass is 32.2. The maximum atomic E-state index is 12.5. The first-order chi connectivity index (χ1) is 14.3. The van der Waals surface area contributed by atoms with Crippen molar-refractivity contribution in [2.45, 2.75) is 55.6 Å². The molecule has 2 aliphatic rings. The summed E-state index contributed by atoms with van der Waals surface area (Å²) in [5.74, 6) is -0.380. The third-order valence-electron chi connectivity index (χ3n) is 5.16. The van der Waals surface area contributed by atoms with Gasteiger partial charge in [0.15, 0.2) is 0 Å². The SMILES string of the molecule is N[C@H](C(=O)Nc1cc(OC2COC2)c(S(=O)(=O)NCC(F)F)cn1)C1CCCCC1. The van der Waals surface area contributed by atoms with Crippen LogP contribution in [0.15, 0.2) is 17.2 Å². The number of amides is 1. The highest BCUT2D eigenvalue weighted by Gasteiger charge is 2.29. The third kappa shape index (κ3) is 5.84. The molecule has 12 heteroatoms. The van der Waals surface area contributed by atoms with Gasteiger partial charge in [0.25, 0.3) is 6.43 Å². The number of sulfonamides is 1. The van der Waals surface area contributed by atoms with Crippen LogP contribution in [0.4, 0.5) is 14.6 Å². The van der Waals surface area contributed by atoms with Crippen molar-refractivity contribution >= 4 is 21.7 Å². The van der Waals surface area contributed by atoms with E-state index in [-0.39, 0.29) is 36.8 Å². The number of ether oxygens (including phenoxy) is 2. The van der Waals surface area contributed by atoms with Crippen LogP contribution in [0.5, 0.6) is 5.75 Å². The van der Waals surface area contributed by atoms with Gasteiger partial charge in [-0.25, -0.2) is 26.9 Å². The first kappa shape index (κ1) is 22.8. The Balaban J connectivity index is 1.76. The first-order valence-corrected chi connectivity index (χ1v) is 11.3. The Labute approximate surface area is 173 Å². The van der Waals surface area contributed by atoms with Gasteiger partial charge in [0.05, 0.1) is 32.0 Å². The number of carbonyl (C=O) groups excluding carboxylic acids is 1. The number of rotatable bonds is 9. The van der Waals surface area contributed by atoms with Crippen LogP contribution in [-0.4, -0.2) is 57.6 Å². The standard InChI is InChI=1S/C18H26F2N4O5S/c19-15(20)8-23-30(26,27)14-7-22-16(6-13(14)29-12-9-28-10-12)24-18(25)17(21)11-4-2-1-3-5-11/h6-7,11-12,15,17,23H,1-5,8-10,21H2,(H,22,24,25)/t17-/m0/s1. The van der Waals surface area contributed by atoms with E-state index in [1.165, 1.54) is 6.07 Å². The number of carbonyl (C=O) groups is 1. The summed E-state index contributed by atoms with van der Waals surface area (Å²) in [5.41, 5.74) is 6.09. The van der Waals surface area contributed by atoms with E-state index in [0.29, 0.717) is 0 Å². The Hall–Kier alpha value is -1.89. The average molecular weight is 448 g/mol. The molecule has 1 amide bonds. The molecule has 168 valence electrons. The predicted molar refractivity (Wildman–Crippen MR) is 104 cm³/mol. The topological polar surface area (TPSA) is 133 Å². The molecule has 0 unspecified atom stereocenters. The molecule has 9 nitrogen and oxygen atoms in total. The van der Waals surface area contributed by atoms with Crippen LogP contribution in [0.1, 0.15) is 32.1 Å². The molecule has 0 spiro atoms. The number of pyridine rings is 1. The van der Waals surface area contributed by atoms with E-state index in [9.17, 15) is 22.0 Å². The van der Waals surface area contributed by atoms with Crippen LogP contribution in [0, 0.1) is 5.92 Å². The highest BCUT2D eigenvalue weighted by Crippen LogP contribution is 2.29. The second-order valence-electron chi connectivity index (χ2n) is 7.45. The van der Waals surface area contributed by atoms with Gasteiger partial charge in [0.1, 0.15) is 22.6 Å². The second kappa shape index (κ2) is 9.94. The molecule has 1 saturated carbocycles. The minimum Gasteiger partial charge on any atom is -0.484 e. The molecule has 2 heterocycles. The molecule has 4 N–H and O–H groups in total. The van der Waals surface area contributed by atoms with Crippen molar-refractivity contribution in [1.29, 1.82) is 0 Å². The molecule has 30 heavy (non-hydrogen) atoms. The predicted octanol–water partition coefficient (Wildman–Crippen LogP) is 1.25. The fourth-order valence-corrected chi connectivity index (χ4v) is 4.48. The van der Waals surface area contributed by atoms with Gasteiger partial charge < -0.3 is 20.5 Å². The molecule has 0 aromatic carbocycles. The zero-order chi connectivity index (χ0) is 21.7. The van der Waals surface area contributed by atoms with Gasteiger partial charge in [-0.3, -0.25) is 4.79 Å². The molecule has 1 aromatic rings. The fourth-order valence-electron chi connectivity index (χ4n) is 3.42. The zero-order valence-corrected chi connectivity index (χ0v) is 17.2. The lowest BCUT2D eigenvalue weighted by Crippen LogP contribution is -2.42. The quantitative estimate of drug-likeness (QED) is 0.518. The lowest BCUT2D eigenvalue weighted by Gasteiger charge is -2.28. The highest BCUT2D eigenvalue weighted by molar-refractivity contribution is 7.89. The molecule has 0 bridgehead atoms. The summed E-state index contributed by atoms with van der Waals surface area (Å²) in [5, 5.41) is 2.60. The van der Waals surface area contributed by atoms with Crippen LogP contribution in [0.2, 0.25) is 0 Å². The van der Waals surface area contributed by atoms with Gasteiger partial charge >= 0.3 is 0 Å². The molecule has 1 atom stereocenters. The Morgan fingerprint density at radius 3 is 2.60 bits per heavy atom. The van der Waals surface area contributed by atoms with E-state index in [2.05, 4.69) is 10.3 Å². The largest absolute Gasteiger partial charge is 0.484 e. The van der Waals surface area contributed by atoms with Gasteiger partial charge in [-0.15, -0.1) is 0 Å². The number of hydrogen-bond donors (Lipinski definition) is 3. The molecule has 2 fully saturated rings. The zero-order valence-electron chi connectivity index (χ0n) is 16.4. The Morgan fingerprint density at radius 1 is 1.30 bits per heavy atom. The molecule has 1 aliphatic heterocycles. The number of nitrogens with two attached hydrogens (primary N) is 1. The van der Waals surface area contributed by atoms with E-state index in [0.717, 1.165) is 38.3 Å². The molecular formula is C18H26F2N4O5S. The Bertz CT molecular complexity index is 845. The van der Waals surface area contributed by atoms with Crippen molar-refractivity contribution in [2.24, 2.45) is 11.7 Å². The van der Waals surface area contributed by atoms with Crippen LogP contribution < -0.4 is 20.5 Å². The van der Waals surface area contributed by atoms with Crippen molar-refractivity contribution < 1.29 is 31.5 Å². The number of halogens is 2. The lowest BCUT2D eigenvalue weighted by atomic mass is 9.84. The Morgan fingerprint density at radius 2 is 2.00 bits per heavy atom. The summed E-state index contributed by atoms with van der Waals surface area (Å²) in [6, 6.07) is 0.549. The van der Waals surface area contributed by atoms with Crippen molar-refractivity contribution in [2.75, 3.05) is 25.1 Å². The maximum absolute atomic E-state index is 12.5. The third-order valence-corrected chi connectivity index (χ3v) is 6.59. The van der Waals surface area contributed by atoms with E-state index >= 15 is 0 Å². The van der Waals surface area contributed by atoms with E-state index in [4.69, 9.17) is 15.2 Å². The lowest BCUT2D eigenvalue weighted by molar-refractivity contribution is -0.118. The second-order valence-corrected chi connectivity index (χ2v) is 9.19.